The van der Waals surface area contributed by atoms with Gasteiger partial charge in [0.05, 0.1) is 17.7 Å². The molecule has 1 unspecified atom stereocenters. The fourth-order valence-corrected chi connectivity index (χ4v) is 3.17. The maximum Gasteiger partial charge on any atom is 0.222 e. The van der Waals surface area contributed by atoms with Crippen LogP contribution in [-0.2, 0) is 11.3 Å². The number of aromatic nitrogens is 1. The first-order chi connectivity index (χ1) is 10.6. The lowest BCUT2D eigenvalue weighted by atomic mass is 10.3. The van der Waals surface area contributed by atoms with E-state index in [0.29, 0.717) is 13.0 Å². The number of nitrogens with zero attached hydrogens (tertiary/aromatic N) is 3. The summed E-state index contributed by atoms with van der Waals surface area (Å²) in [7, 11) is 0. The predicted molar refractivity (Wildman–Crippen MR) is 105 cm³/mol. The van der Waals surface area contributed by atoms with E-state index in [4.69, 9.17) is 0 Å². The Bertz CT molecular complexity index is 534. The Morgan fingerprint density at radius 1 is 1.52 bits per heavy atom. The van der Waals surface area contributed by atoms with Gasteiger partial charge in [-0.2, -0.15) is 0 Å². The Balaban J connectivity index is 0.00000264. The van der Waals surface area contributed by atoms with Gasteiger partial charge in [0.25, 0.3) is 0 Å². The van der Waals surface area contributed by atoms with Gasteiger partial charge < -0.3 is 15.5 Å². The number of aliphatic imine (C=N–C) groups is 1. The van der Waals surface area contributed by atoms with Gasteiger partial charge in [0.1, 0.15) is 0 Å². The van der Waals surface area contributed by atoms with E-state index in [0.717, 1.165) is 37.7 Å². The summed E-state index contributed by atoms with van der Waals surface area (Å²) < 4.78 is 0. The van der Waals surface area contributed by atoms with Crippen molar-refractivity contribution >= 4 is 47.2 Å². The van der Waals surface area contributed by atoms with Crippen LogP contribution in [0.25, 0.3) is 0 Å². The van der Waals surface area contributed by atoms with Crippen LogP contribution in [0.5, 0.6) is 0 Å². The minimum absolute atomic E-state index is 0. The highest BCUT2D eigenvalue weighted by Gasteiger charge is 2.25. The molecule has 1 amide bonds. The van der Waals surface area contributed by atoms with Crippen molar-refractivity contribution in [3.63, 3.8) is 0 Å². The first-order valence-corrected chi connectivity index (χ1v) is 8.73. The molecule has 1 atom stereocenters. The van der Waals surface area contributed by atoms with Crippen LogP contribution in [0.4, 0.5) is 0 Å². The standard InChI is InChI=1S/C15H25N5OS.HI/c1-4-14(21)20-7-6-12(9-20)19-15(16-5-2)17-8-13-11(3)18-10-22-13;/h10,12H,4-9H2,1-3H3,(H2,16,17,19);1H. The molecule has 130 valence electrons. The molecule has 1 saturated heterocycles. The monoisotopic (exact) mass is 451 g/mol. The Hall–Kier alpha value is -0.900. The molecule has 23 heavy (non-hydrogen) atoms. The number of carbonyl (C=O) groups excluding carboxylic acids is 1. The first kappa shape index (κ1) is 20.1. The summed E-state index contributed by atoms with van der Waals surface area (Å²) in [5.41, 5.74) is 2.90. The lowest BCUT2D eigenvalue weighted by Crippen LogP contribution is -2.45. The Labute approximate surface area is 159 Å². The Morgan fingerprint density at radius 3 is 2.91 bits per heavy atom. The van der Waals surface area contributed by atoms with Crippen LogP contribution in [0.3, 0.4) is 0 Å². The van der Waals surface area contributed by atoms with Crippen LogP contribution < -0.4 is 10.6 Å². The molecule has 1 fully saturated rings. The molecule has 0 radical (unpaired) electrons. The number of likely N-dealkylation sites (tertiary alicyclic amines) is 1. The van der Waals surface area contributed by atoms with Crippen molar-refractivity contribution in [3.05, 3.63) is 16.1 Å². The zero-order valence-corrected chi connectivity index (χ0v) is 17.1. The number of rotatable bonds is 5. The molecule has 0 saturated carbocycles. The van der Waals surface area contributed by atoms with Gasteiger partial charge in [0.15, 0.2) is 5.96 Å². The van der Waals surface area contributed by atoms with E-state index in [1.807, 2.05) is 24.3 Å². The number of amides is 1. The lowest BCUT2D eigenvalue weighted by Gasteiger charge is -2.18. The third-order valence-electron chi connectivity index (χ3n) is 3.75. The zero-order valence-electron chi connectivity index (χ0n) is 14.0. The van der Waals surface area contributed by atoms with Gasteiger partial charge in [-0.1, -0.05) is 6.92 Å². The minimum atomic E-state index is 0. The molecular weight excluding hydrogens is 425 g/mol. The molecule has 0 spiro atoms. The van der Waals surface area contributed by atoms with Gasteiger partial charge in [0, 0.05) is 37.0 Å². The van der Waals surface area contributed by atoms with Gasteiger partial charge in [-0.25, -0.2) is 9.98 Å². The Kier molecular flexibility index (Phi) is 8.82. The fraction of sp³-hybridized carbons (Fsp3) is 0.667. The van der Waals surface area contributed by atoms with Crippen LogP contribution in [0.15, 0.2) is 10.5 Å². The van der Waals surface area contributed by atoms with Crippen LogP contribution >= 0.6 is 35.3 Å². The molecule has 6 nitrogen and oxygen atoms in total. The number of aryl methyl sites for hydroxylation is 1. The summed E-state index contributed by atoms with van der Waals surface area (Å²) in [6.07, 6.45) is 1.54. The number of guanidine groups is 1. The molecule has 8 heteroatoms. The normalized spacial score (nSPS) is 17.8. The maximum absolute atomic E-state index is 11.7. The average molecular weight is 451 g/mol. The summed E-state index contributed by atoms with van der Waals surface area (Å²) in [4.78, 5) is 23.7. The average Bonchev–Trinajstić information content (AvgIpc) is 3.13. The second-order valence-electron chi connectivity index (χ2n) is 5.38. The van der Waals surface area contributed by atoms with E-state index in [9.17, 15) is 4.79 Å². The van der Waals surface area contributed by atoms with Crippen molar-refractivity contribution in [1.82, 2.24) is 20.5 Å². The highest BCUT2D eigenvalue weighted by atomic mass is 127. The summed E-state index contributed by atoms with van der Waals surface area (Å²) in [6, 6.07) is 0.274. The lowest BCUT2D eigenvalue weighted by molar-refractivity contribution is -0.129. The minimum Gasteiger partial charge on any atom is -0.357 e. The van der Waals surface area contributed by atoms with E-state index in [2.05, 4.69) is 27.5 Å². The van der Waals surface area contributed by atoms with Gasteiger partial charge in [-0.05, 0) is 20.3 Å². The summed E-state index contributed by atoms with van der Waals surface area (Å²) in [6.45, 7) is 9.01. The van der Waals surface area contributed by atoms with Crippen molar-refractivity contribution in [2.24, 2.45) is 4.99 Å². The van der Waals surface area contributed by atoms with Crippen LogP contribution in [0.2, 0.25) is 0 Å². The van der Waals surface area contributed by atoms with Crippen molar-refractivity contribution in [3.8, 4) is 0 Å². The van der Waals surface area contributed by atoms with Crippen molar-refractivity contribution in [2.45, 2.75) is 46.2 Å². The number of nitrogens with one attached hydrogen (secondary N) is 2. The van der Waals surface area contributed by atoms with Gasteiger partial charge in [-0.3, -0.25) is 4.79 Å². The third-order valence-corrected chi connectivity index (χ3v) is 4.67. The topological polar surface area (TPSA) is 69.6 Å². The van der Waals surface area contributed by atoms with E-state index in [-0.39, 0.29) is 35.9 Å². The van der Waals surface area contributed by atoms with Gasteiger partial charge >= 0.3 is 0 Å². The van der Waals surface area contributed by atoms with Crippen molar-refractivity contribution in [1.29, 1.82) is 0 Å². The van der Waals surface area contributed by atoms with E-state index in [1.54, 1.807) is 11.3 Å². The van der Waals surface area contributed by atoms with Gasteiger partial charge in [0.2, 0.25) is 5.91 Å². The SMILES string of the molecule is CCNC(=NCc1scnc1C)NC1CCN(C(=O)CC)C1.I. The molecule has 0 aromatic carbocycles. The van der Waals surface area contributed by atoms with Crippen LogP contribution in [0, 0.1) is 6.92 Å². The number of thiazole rings is 1. The zero-order chi connectivity index (χ0) is 15.9. The molecule has 1 aliphatic heterocycles. The molecule has 1 aromatic heterocycles. The maximum atomic E-state index is 11.7. The second kappa shape index (κ2) is 10.1. The molecular formula is C15H26IN5OS. The second-order valence-corrected chi connectivity index (χ2v) is 6.32. The number of carbonyl (C=O) groups is 1. The van der Waals surface area contributed by atoms with Crippen LogP contribution in [-0.4, -0.2) is 47.4 Å². The predicted octanol–water partition coefficient (Wildman–Crippen LogP) is 2.14. The summed E-state index contributed by atoms with van der Waals surface area (Å²) >= 11 is 1.63. The molecule has 2 N–H and O–H groups in total. The number of hydrogen-bond acceptors (Lipinski definition) is 4. The molecule has 0 aliphatic carbocycles. The molecule has 1 aliphatic rings. The van der Waals surface area contributed by atoms with E-state index < -0.39 is 0 Å². The number of halogens is 1. The van der Waals surface area contributed by atoms with Crippen LogP contribution in [0.1, 0.15) is 37.3 Å². The largest absolute Gasteiger partial charge is 0.357 e. The van der Waals surface area contributed by atoms with Crippen molar-refractivity contribution in [2.75, 3.05) is 19.6 Å². The summed E-state index contributed by atoms with van der Waals surface area (Å²) in [5.74, 6) is 1.04. The first-order valence-electron chi connectivity index (χ1n) is 7.85. The van der Waals surface area contributed by atoms with Gasteiger partial charge in [-0.15, -0.1) is 35.3 Å². The molecule has 0 bridgehead atoms. The van der Waals surface area contributed by atoms with Crippen molar-refractivity contribution < 1.29 is 4.79 Å². The van der Waals surface area contributed by atoms with E-state index >= 15 is 0 Å². The smallest absolute Gasteiger partial charge is 0.222 e. The molecule has 2 rings (SSSR count). The third kappa shape index (κ3) is 5.91. The quantitative estimate of drug-likeness (QED) is 0.409. The number of hydrogen-bond donors (Lipinski definition) is 2. The molecule has 1 aromatic rings. The highest BCUT2D eigenvalue weighted by molar-refractivity contribution is 14.0. The van der Waals surface area contributed by atoms with E-state index in [1.165, 1.54) is 4.88 Å². The fourth-order valence-electron chi connectivity index (χ4n) is 2.47. The Morgan fingerprint density at radius 2 is 2.30 bits per heavy atom. The summed E-state index contributed by atoms with van der Waals surface area (Å²) in [5, 5.41) is 6.71. The molecule has 2 heterocycles. The highest BCUT2D eigenvalue weighted by Crippen LogP contribution is 2.13.